The van der Waals surface area contributed by atoms with Crippen molar-refractivity contribution in [1.82, 2.24) is 0 Å². The molecular weight excluding hydrogens is 204 g/mol. The van der Waals surface area contributed by atoms with Gasteiger partial charge in [-0.3, -0.25) is 4.79 Å². The van der Waals surface area contributed by atoms with E-state index in [1.165, 1.54) is 0 Å². The van der Waals surface area contributed by atoms with Gasteiger partial charge in [-0.2, -0.15) is 0 Å². The predicted molar refractivity (Wildman–Crippen MR) is 63.3 cm³/mol. The highest BCUT2D eigenvalue weighted by Gasteiger charge is 2.20. The molecule has 0 bridgehead atoms. The molecule has 0 spiro atoms. The highest BCUT2D eigenvalue weighted by Crippen LogP contribution is 2.25. The number of carboxylic acid groups (broad SMARTS) is 1. The van der Waals surface area contributed by atoms with E-state index in [1.807, 2.05) is 6.92 Å². The van der Waals surface area contributed by atoms with E-state index >= 15 is 0 Å². The predicted octanol–water partition coefficient (Wildman–Crippen LogP) is 2.86. The van der Waals surface area contributed by atoms with Crippen LogP contribution in [0.4, 0.5) is 0 Å². The van der Waals surface area contributed by atoms with Crippen LogP contribution in [-0.2, 0) is 9.53 Å². The Labute approximate surface area is 97.5 Å². The lowest BCUT2D eigenvalue weighted by Gasteiger charge is -2.26. The summed E-state index contributed by atoms with van der Waals surface area (Å²) in [6, 6.07) is 0. The number of allylic oxidation sites excluding steroid dienone is 2. The first-order valence-electron chi connectivity index (χ1n) is 6.11. The van der Waals surface area contributed by atoms with E-state index in [-0.39, 0.29) is 12.5 Å². The summed E-state index contributed by atoms with van der Waals surface area (Å²) in [5.41, 5.74) is 0. The summed E-state index contributed by atoms with van der Waals surface area (Å²) >= 11 is 0. The van der Waals surface area contributed by atoms with Crippen molar-refractivity contribution in [3.8, 4) is 0 Å². The van der Waals surface area contributed by atoms with Crippen LogP contribution in [-0.4, -0.2) is 23.8 Å². The molecule has 1 N–H and O–H groups in total. The molecule has 0 saturated heterocycles. The van der Waals surface area contributed by atoms with Gasteiger partial charge in [0, 0.05) is 0 Å². The first-order valence-corrected chi connectivity index (χ1v) is 6.11. The number of carbonyl (C=O) groups is 1. The molecule has 0 heterocycles. The molecule has 1 rings (SSSR count). The second-order valence-corrected chi connectivity index (χ2v) is 4.64. The molecule has 1 aliphatic carbocycles. The fraction of sp³-hybridized carbons (Fsp3) is 0.769. The molecule has 3 atom stereocenters. The van der Waals surface area contributed by atoms with Crippen LogP contribution in [0.5, 0.6) is 0 Å². The quantitative estimate of drug-likeness (QED) is 0.708. The van der Waals surface area contributed by atoms with E-state index in [2.05, 4.69) is 19.1 Å². The Morgan fingerprint density at radius 2 is 2.19 bits per heavy atom. The number of ether oxygens (including phenoxy) is 1. The molecule has 92 valence electrons. The molecule has 0 aromatic heterocycles. The van der Waals surface area contributed by atoms with Crippen LogP contribution < -0.4 is 0 Å². The molecule has 1 aliphatic rings. The van der Waals surface area contributed by atoms with Gasteiger partial charge < -0.3 is 9.84 Å². The third-order valence-electron chi connectivity index (χ3n) is 3.32. The van der Waals surface area contributed by atoms with Crippen molar-refractivity contribution in [3.05, 3.63) is 12.2 Å². The third-order valence-corrected chi connectivity index (χ3v) is 3.32. The lowest BCUT2D eigenvalue weighted by atomic mass is 9.85. The van der Waals surface area contributed by atoms with Crippen molar-refractivity contribution in [3.63, 3.8) is 0 Å². The van der Waals surface area contributed by atoms with Crippen molar-refractivity contribution in [2.24, 2.45) is 11.8 Å². The monoisotopic (exact) mass is 226 g/mol. The van der Waals surface area contributed by atoms with Gasteiger partial charge in [0.25, 0.3) is 0 Å². The van der Waals surface area contributed by atoms with Gasteiger partial charge in [-0.25, -0.2) is 0 Å². The zero-order valence-electron chi connectivity index (χ0n) is 10.2. The van der Waals surface area contributed by atoms with E-state index in [0.29, 0.717) is 18.4 Å². The highest BCUT2D eigenvalue weighted by molar-refractivity contribution is 5.67. The standard InChI is InChI=1S/C13H22O3/c1-3-12(8-13(14)15)16-9-11-7-5-4-6-10(11)2/h4-5,10-12H,3,6-9H2,1-2H3,(H,14,15). The zero-order chi connectivity index (χ0) is 12.0. The first-order chi connectivity index (χ1) is 7.63. The van der Waals surface area contributed by atoms with Crippen molar-refractivity contribution in [1.29, 1.82) is 0 Å². The molecule has 0 aromatic rings. The maximum atomic E-state index is 10.6. The Morgan fingerprint density at radius 1 is 1.50 bits per heavy atom. The van der Waals surface area contributed by atoms with Gasteiger partial charge in [-0.15, -0.1) is 0 Å². The summed E-state index contributed by atoms with van der Waals surface area (Å²) in [4.78, 5) is 10.6. The molecule has 0 radical (unpaired) electrons. The van der Waals surface area contributed by atoms with Crippen molar-refractivity contribution >= 4 is 5.97 Å². The summed E-state index contributed by atoms with van der Waals surface area (Å²) in [5.74, 6) is 0.420. The van der Waals surface area contributed by atoms with E-state index < -0.39 is 5.97 Å². The smallest absolute Gasteiger partial charge is 0.305 e. The fourth-order valence-corrected chi connectivity index (χ4v) is 2.01. The first kappa shape index (κ1) is 13.2. The van der Waals surface area contributed by atoms with Crippen LogP contribution in [0.2, 0.25) is 0 Å². The Balaban J connectivity index is 2.31. The number of aliphatic carboxylic acids is 1. The number of carboxylic acids is 1. The Kier molecular flexibility index (Phi) is 5.53. The lowest BCUT2D eigenvalue weighted by molar-refractivity contribution is -0.140. The summed E-state index contributed by atoms with van der Waals surface area (Å²) in [7, 11) is 0. The van der Waals surface area contributed by atoms with E-state index in [9.17, 15) is 4.79 Å². The lowest BCUT2D eigenvalue weighted by Crippen LogP contribution is -2.25. The molecule has 0 saturated carbocycles. The number of rotatable bonds is 6. The molecule has 3 heteroatoms. The van der Waals surface area contributed by atoms with E-state index in [0.717, 1.165) is 19.3 Å². The summed E-state index contributed by atoms with van der Waals surface area (Å²) in [6.07, 6.45) is 7.35. The van der Waals surface area contributed by atoms with Gasteiger partial charge in [0.15, 0.2) is 0 Å². The minimum absolute atomic E-state index is 0.118. The normalized spacial score (nSPS) is 26.6. The van der Waals surface area contributed by atoms with Crippen LogP contribution >= 0.6 is 0 Å². The van der Waals surface area contributed by atoms with Crippen molar-refractivity contribution < 1.29 is 14.6 Å². The van der Waals surface area contributed by atoms with Crippen molar-refractivity contribution in [2.75, 3.05) is 6.61 Å². The zero-order valence-corrected chi connectivity index (χ0v) is 10.2. The second-order valence-electron chi connectivity index (χ2n) is 4.64. The molecule has 0 aliphatic heterocycles. The van der Waals surface area contributed by atoms with E-state index in [1.54, 1.807) is 0 Å². The second kappa shape index (κ2) is 6.69. The van der Waals surface area contributed by atoms with Gasteiger partial charge in [0.2, 0.25) is 0 Å². The number of hydrogen-bond acceptors (Lipinski definition) is 2. The maximum Gasteiger partial charge on any atom is 0.305 e. The summed E-state index contributed by atoms with van der Waals surface area (Å²) < 4.78 is 5.70. The summed E-state index contributed by atoms with van der Waals surface area (Å²) in [6.45, 7) is 4.89. The minimum atomic E-state index is -0.775. The molecule has 0 fully saturated rings. The topological polar surface area (TPSA) is 46.5 Å². The third kappa shape index (κ3) is 4.35. The molecule has 16 heavy (non-hydrogen) atoms. The maximum absolute atomic E-state index is 10.6. The van der Waals surface area contributed by atoms with Gasteiger partial charge in [0.1, 0.15) is 0 Å². The van der Waals surface area contributed by atoms with Crippen LogP contribution in [0.15, 0.2) is 12.2 Å². The van der Waals surface area contributed by atoms with E-state index in [4.69, 9.17) is 9.84 Å². The van der Waals surface area contributed by atoms with Crippen LogP contribution in [0.25, 0.3) is 0 Å². The highest BCUT2D eigenvalue weighted by atomic mass is 16.5. The van der Waals surface area contributed by atoms with Crippen LogP contribution in [0, 0.1) is 11.8 Å². The molecule has 3 nitrogen and oxygen atoms in total. The fourth-order valence-electron chi connectivity index (χ4n) is 2.01. The van der Waals surface area contributed by atoms with Crippen LogP contribution in [0.3, 0.4) is 0 Å². The largest absolute Gasteiger partial charge is 0.481 e. The van der Waals surface area contributed by atoms with Gasteiger partial charge in [-0.05, 0) is 31.1 Å². The van der Waals surface area contributed by atoms with Crippen LogP contribution in [0.1, 0.15) is 39.5 Å². The minimum Gasteiger partial charge on any atom is -0.481 e. The molecule has 0 aromatic carbocycles. The average molecular weight is 226 g/mol. The molecular formula is C13H22O3. The summed E-state index contributed by atoms with van der Waals surface area (Å²) in [5, 5.41) is 8.71. The molecule has 0 amide bonds. The number of hydrogen-bond donors (Lipinski definition) is 1. The Hall–Kier alpha value is -0.830. The SMILES string of the molecule is CCC(CC(=O)O)OCC1CC=CCC1C. The molecule has 3 unspecified atom stereocenters. The van der Waals surface area contributed by atoms with Crippen molar-refractivity contribution in [2.45, 2.75) is 45.6 Å². The Morgan fingerprint density at radius 3 is 2.75 bits per heavy atom. The Bertz CT molecular complexity index is 248. The average Bonchev–Trinajstić information content (AvgIpc) is 2.25. The van der Waals surface area contributed by atoms with Gasteiger partial charge >= 0.3 is 5.97 Å². The van der Waals surface area contributed by atoms with Gasteiger partial charge in [-0.1, -0.05) is 26.0 Å². The van der Waals surface area contributed by atoms with Gasteiger partial charge in [0.05, 0.1) is 19.1 Å².